The average molecular weight is 362 g/mol. The highest BCUT2D eigenvalue weighted by molar-refractivity contribution is 5.97. The SMILES string of the molecule is C=C(C)[C@H]1C/C=C(/C(=O)OC)CC(=O)C[C@@]2(C)CC(=O)[C@H](CC(=O)C1)O2. The standard InChI is InChI=1S/C20H26O6/c1-12(2)13-5-6-14(19(24)25-4)8-16(22)10-20(3)11-17(23)18(26-20)9-15(21)7-13/h6,13,18H,1,5,7-11H2,2-4H3/b14-6+/t13-,18-,20-/m0/s1. The van der Waals surface area contributed by atoms with Crippen molar-refractivity contribution in [1.29, 1.82) is 0 Å². The van der Waals surface area contributed by atoms with E-state index in [4.69, 9.17) is 9.47 Å². The predicted molar refractivity (Wildman–Crippen MR) is 94.4 cm³/mol. The predicted octanol–water partition coefficient (Wildman–Crippen LogP) is 2.50. The van der Waals surface area contributed by atoms with Gasteiger partial charge in [-0.05, 0) is 26.2 Å². The number of esters is 1. The summed E-state index contributed by atoms with van der Waals surface area (Å²) in [6.07, 6.45) is 1.55. The van der Waals surface area contributed by atoms with Crippen LogP contribution < -0.4 is 0 Å². The smallest absolute Gasteiger partial charge is 0.333 e. The van der Waals surface area contributed by atoms with Crippen LogP contribution in [0.3, 0.4) is 0 Å². The summed E-state index contributed by atoms with van der Waals surface area (Å²) >= 11 is 0. The molecule has 0 amide bonds. The van der Waals surface area contributed by atoms with E-state index in [0.29, 0.717) is 6.42 Å². The molecule has 0 aromatic carbocycles. The monoisotopic (exact) mass is 362 g/mol. The van der Waals surface area contributed by atoms with Crippen molar-refractivity contribution in [2.45, 2.75) is 64.1 Å². The minimum Gasteiger partial charge on any atom is -0.466 e. The van der Waals surface area contributed by atoms with Crippen LogP contribution in [0.2, 0.25) is 0 Å². The van der Waals surface area contributed by atoms with Crippen LogP contribution in [0, 0.1) is 5.92 Å². The second kappa shape index (κ2) is 8.08. The third-order valence-corrected chi connectivity index (χ3v) is 4.97. The van der Waals surface area contributed by atoms with Crippen LogP contribution in [-0.4, -0.2) is 42.1 Å². The van der Waals surface area contributed by atoms with Gasteiger partial charge >= 0.3 is 5.97 Å². The first-order valence-corrected chi connectivity index (χ1v) is 8.80. The number of carbonyl (C=O) groups excluding carboxylic acids is 4. The van der Waals surface area contributed by atoms with Gasteiger partial charge in [0.2, 0.25) is 0 Å². The molecule has 0 aliphatic carbocycles. The maximum absolute atomic E-state index is 12.5. The van der Waals surface area contributed by atoms with Crippen LogP contribution in [0.1, 0.15) is 52.4 Å². The van der Waals surface area contributed by atoms with Crippen LogP contribution in [0.5, 0.6) is 0 Å². The molecule has 142 valence electrons. The molecule has 6 nitrogen and oxygen atoms in total. The molecule has 2 heterocycles. The number of carbonyl (C=O) groups is 4. The van der Waals surface area contributed by atoms with Crippen LogP contribution >= 0.6 is 0 Å². The summed E-state index contributed by atoms with van der Waals surface area (Å²) in [7, 11) is 1.26. The fourth-order valence-electron chi connectivity index (χ4n) is 3.55. The molecule has 2 bridgehead atoms. The van der Waals surface area contributed by atoms with Gasteiger partial charge in [0.15, 0.2) is 5.78 Å². The molecule has 6 heteroatoms. The number of ketones is 3. The lowest BCUT2D eigenvalue weighted by molar-refractivity contribution is -0.138. The molecule has 1 fully saturated rings. The molecule has 3 atom stereocenters. The Balaban J connectivity index is 2.34. The number of rotatable bonds is 2. The lowest BCUT2D eigenvalue weighted by atomic mass is 9.87. The Morgan fingerprint density at radius 1 is 1.23 bits per heavy atom. The van der Waals surface area contributed by atoms with Gasteiger partial charge in [-0.15, -0.1) is 0 Å². The van der Waals surface area contributed by atoms with E-state index in [1.165, 1.54) is 7.11 Å². The Labute approximate surface area is 153 Å². The van der Waals surface area contributed by atoms with Crippen molar-refractivity contribution in [3.63, 3.8) is 0 Å². The number of hydrogen-bond acceptors (Lipinski definition) is 6. The molecule has 0 saturated carbocycles. The normalized spacial score (nSPS) is 32.7. The van der Waals surface area contributed by atoms with Crippen molar-refractivity contribution >= 4 is 23.3 Å². The summed E-state index contributed by atoms with van der Waals surface area (Å²) in [5.74, 6) is -1.16. The first-order chi connectivity index (χ1) is 12.1. The largest absolute Gasteiger partial charge is 0.466 e. The number of hydrogen-bond donors (Lipinski definition) is 0. The van der Waals surface area contributed by atoms with E-state index in [0.717, 1.165) is 5.57 Å². The lowest BCUT2D eigenvalue weighted by Gasteiger charge is -2.23. The maximum atomic E-state index is 12.5. The zero-order valence-electron chi connectivity index (χ0n) is 15.6. The molecule has 0 spiro atoms. The van der Waals surface area contributed by atoms with Gasteiger partial charge in [0.05, 0.1) is 12.7 Å². The van der Waals surface area contributed by atoms with Gasteiger partial charge in [0.25, 0.3) is 0 Å². The number of allylic oxidation sites excluding steroid dienone is 2. The third kappa shape index (κ3) is 4.97. The Bertz CT molecular complexity index is 674. The topological polar surface area (TPSA) is 86.7 Å². The Kier molecular flexibility index (Phi) is 6.29. The van der Waals surface area contributed by atoms with Crippen molar-refractivity contribution < 1.29 is 28.7 Å². The highest BCUT2D eigenvalue weighted by atomic mass is 16.5. The molecule has 0 N–H and O–H groups in total. The Hall–Kier alpha value is -2.08. The first-order valence-electron chi connectivity index (χ1n) is 8.80. The number of fused-ring (bicyclic) bond motifs is 2. The fraction of sp³-hybridized carbons (Fsp3) is 0.600. The van der Waals surface area contributed by atoms with E-state index in [1.807, 2.05) is 6.92 Å². The van der Waals surface area contributed by atoms with E-state index in [2.05, 4.69) is 6.58 Å². The molecule has 2 aliphatic rings. The fourth-order valence-corrected chi connectivity index (χ4v) is 3.55. The molecular weight excluding hydrogens is 336 g/mol. The first kappa shape index (κ1) is 20.2. The van der Waals surface area contributed by atoms with Crippen LogP contribution in [0.15, 0.2) is 23.8 Å². The summed E-state index contributed by atoms with van der Waals surface area (Å²) < 4.78 is 10.6. The van der Waals surface area contributed by atoms with E-state index >= 15 is 0 Å². The molecular formula is C20H26O6. The van der Waals surface area contributed by atoms with E-state index in [1.54, 1.807) is 13.0 Å². The summed E-state index contributed by atoms with van der Waals surface area (Å²) in [6, 6.07) is 0. The number of ether oxygens (including phenoxy) is 2. The van der Waals surface area contributed by atoms with E-state index in [9.17, 15) is 19.2 Å². The maximum Gasteiger partial charge on any atom is 0.333 e. The van der Waals surface area contributed by atoms with Gasteiger partial charge in [0.1, 0.15) is 17.7 Å². The summed E-state index contributed by atoms with van der Waals surface area (Å²) in [6.45, 7) is 7.44. The molecule has 0 aromatic rings. The molecule has 26 heavy (non-hydrogen) atoms. The highest BCUT2D eigenvalue weighted by Crippen LogP contribution is 2.34. The molecule has 0 aromatic heterocycles. The Morgan fingerprint density at radius 2 is 1.92 bits per heavy atom. The quantitative estimate of drug-likeness (QED) is 0.554. The zero-order valence-corrected chi connectivity index (χ0v) is 15.6. The van der Waals surface area contributed by atoms with Gasteiger partial charge in [0, 0.05) is 37.7 Å². The number of methoxy groups -OCH3 is 1. The molecule has 1 saturated heterocycles. The van der Waals surface area contributed by atoms with Gasteiger partial charge in [-0.1, -0.05) is 18.2 Å². The van der Waals surface area contributed by atoms with Gasteiger partial charge in [-0.25, -0.2) is 4.79 Å². The lowest BCUT2D eigenvalue weighted by Crippen LogP contribution is -2.29. The minimum atomic E-state index is -0.928. The van der Waals surface area contributed by atoms with Crippen molar-refractivity contribution in [1.82, 2.24) is 0 Å². The highest BCUT2D eigenvalue weighted by Gasteiger charge is 2.44. The summed E-state index contributed by atoms with van der Waals surface area (Å²) in [4.78, 5) is 49.1. The van der Waals surface area contributed by atoms with Gasteiger partial charge in [-0.2, -0.15) is 0 Å². The van der Waals surface area contributed by atoms with Crippen molar-refractivity contribution in [3.05, 3.63) is 23.8 Å². The summed E-state index contributed by atoms with van der Waals surface area (Å²) in [5, 5.41) is 0. The van der Waals surface area contributed by atoms with Gasteiger partial charge < -0.3 is 9.47 Å². The second-order valence-electron chi connectivity index (χ2n) is 7.54. The van der Waals surface area contributed by atoms with E-state index < -0.39 is 17.7 Å². The second-order valence-corrected chi connectivity index (χ2v) is 7.54. The van der Waals surface area contributed by atoms with Crippen LogP contribution in [-0.2, 0) is 28.7 Å². The van der Waals surface area contributed by atoms with Crippen LogP contribution in [0.25, 0.3) is 0 Å². The number of Topliss-reactive ketones (excluding diaryl/α,β-unsaturated/α-hetero) is 3. The van der Waals surface area contributed by atoms with Crippen LogP contribution in [0.4, 0.5) is 0 Å². The molecule has 2 rings (SSSR count). The molecule has 2 aliphatic heterocycles. The Morgan fingerprint density at radius 3 is 2.54 bits per heavy atom. The van der Waals surface area contributed by atoms with E-state index in [-0.39, 0.29) is 60.9 Å². The van der Waals surface area contributed by atoms with Crippen molar-refractivity contribution in [2.75, 3.05) is 7.11 Å². The van der Waals surface area contributed by atoms with Gasteiger partial charge in [-0.3, -0.25) is 14.4 Å². The average Bonchev–Trinajstić information content (AvgIpc) is 2.81. The zero-order chi connectivity index (χ0) is 19.5. The third-order valence-electron chi connectivity index (χ3n) is 4.97. The molecule has 0 unspecified atom stereocenters. The summed E-state index contributed by atoms with van der Waals surface area (Å²) in [5.41, 5.74) is 0.144. The molecule has 0 radical (unpaired) electrons. The van der Waals surface area contributed by atoms with Crippen molar-refractivity contribution in [3.8, 4) is 0 Å². The van der Waals surface area contributed by atoms with Crippen molar-refractivity contribution in [2.24, 2.45) is 5.92 Å². The minimum absolute atomic E-state index is 0.0139.